The van der Waals surface area contributed by atoms with Gasteiger partial charge in [0.1, 0.15) is 5.01 Å². The maximum absolute atomic E-state index is 6.07. The van der Waals surface area contributed by atoms with Crippen LogP contribution in [-0.4, -0.2) is 11.0 Å². The summed E-state index contributed by atoms with van der Waals surface area (Å²) in [6, 6.07) is 6.74. The molecule has 1 aliphatic rings. The lowest BCUT2D eigenvalue weighted by atomic mass is 10.2. The zero-order valence-electron chi connectivity index (χ0n) is 12.0. The van der Waals surface area contributed by atoms with Gasteiger partial charge in [-0.3, -0.25) is 0 Å². The molecule has 0 unspecified atom stereocenters. The Hall–Kier alpha value is -0.420. The fourth-order valence-corrected chi connectivity index (χ4v) is 3.78. The van der Waals surface area contributed by atoms with Gasteiger partial charge in [0.05, 0.1) is 10.7 Å². The van der Waals surface area contributed by atoms with Crippen molar-refractivity contribution in [1.29, 1.82) is 0 Å². The molecule has 3 rings (SSSR count). The van der Waals surface area contributed by atoms with Crippen molar-refractivity contribution in [2.45, 2.75) is 45.2 Å². The lowest BCUT2D eigenvalue weighted by Crippen LogP contribution is -2.15. The highest BCUT2D eigenvalue weighted by Crippen LogP contribution is 2.33. The molecule has 0 amide bonds. The van der Waals surface area contributed by atoms with E-state index in [4.69, 9.17) is 16.6 Å². The van der Waals surface area contributed by atoms with E-state index >= 15 is 0 Å². The molecule has 1 heterocycles. The van der Waals surface area contributed by atoms with E-state index in [1.165, 1.54) is 23.4 Å². The molecule has 0 atom stereocenters. The van der Waals surface area contributed by atoms with E-state index < -0.39 is 0 Å². The predicted octanol–water partition coefficient (Wildman–Crippen LogP) is 5.43. The van der Waals surface area contributed by atoms with Gasteiger partial charge in [-0.05, 0) is 47.3 Å². The van der Waals surface area contributed by atoms with Gasteiger partial charge in [0.15, 0.2) is 0 Å². The number of rotatable bonds is 6. The molecule has 2 nitrogen and oxygen atoms in total. The summed E-state index contributed by atoms with van der Waals surface area (Å²) >= 11 is 11.4. The Morgan fingerprint density at radius 3 is 2.90 bits per heavy atom. The average molecular weight is 386 g/mol. The molecule has 1 aliphatic carbocycles. The zero-order chi connectivity index (χ0) is 14.8. The van der Waals surface area contributed by atoms with Crippen LogP contribution in [0.25, 0.3) is 10.6 Å². The van der Waals surface area contributed by atoms with E-state index in [1.807, 2.05) is 12.1 Å². The summed E-state index contributed by atoms with van der Waals surface area (Å²) in [7, 11) is 0. The molecule has 112 valence electrons. The first-order valence-corrected chi connectivity index (χ1v) is 9.33. The Morgan fingerprint density at radius 1 is 1.43 bits per heavy atom. The number of nitrogens with zero attached hydrogens (tertiary/aromatic N) is 1. The van der Waals surface area contributed by atoms with Gasteiger partial charge in [-0.25, -0.2) is 4.98 Å². The third kappa shape index (κ3) is 3.86. The van der Waals surface area contributed by atoms with Crippen LogP contribution in [0.3, 0.4) is 0 Å². The van der Waals surface area contributed by atoms with E-state index in [0.717, 1.165) is 45.5 Å². The summed E-state index contributed by atoms with van der Waals surface area (Å²) in [6.07, 6.45) is 4.81. The van der Waals surface area contributed by atoms with E-state index in [0.29, 0.717) is 0 Å². The van der Waals surface area contributed by atoms with Crippen LogP contribution in [0, 0.1) is 0 Å². The van der Waals surface area contributed by atoms with E-state index in [2.05, 4.69) is 34.2 Å². The van der Waals surface area contributed by atoms with Crippen LogP contribution in [0.1, 0.15) is 36.8 Å². The van der Waals surface area contributed by atoms with Crippen molar-refractivity contribution in [3.63, 3.8) is 0 Å². The maximum atomic E-state index is 6.07. The largest absolute Gasteiger partial charge is 0.309 e. The van der Waals surface area contributed by atoms with E-state index in [1.54, 1.807) is 11.3 Å². The minimum atomic E-state index is 0.731. The summed E-state index contributed by atoms with van der Waals surface area (Å²) in [5, 5.41) is 5.42. The Bertz CT molecular complexity index is 637. The summed E-state index contributed by atoms with van der Waals surface area (Å²) in [6.45, 7) is 3.16. The fraction of sp³-hybridized carbons (Fsp3) is 0.438. The van der Waals surface area contributed by atoms with Crippen LogP contribution in [0.15, 0.2) is 22.7 Å². The number of aromatic nitrogens is 1. The quantitative estimate of drug-likeness (QED) is 0.717. The third-order valence-corrected chi connectivity index (χ3v) is 5.92. The van der Waals surface area contributed by atoms with Gasteiger partial charge in [0.2, 0.25) is 0 Å². The second kappa shape index (κ2) is 6.78. The first kappa shape index (κ1) is 15.5. The van der Waals surface area contributed by atoms with Gasteiger partial charge in [-0.2, -0.15) is 0 Å². The van der Waals surface area contributed by atoms with Gasteiger partial charge in [0.25, 0.3) is 0 Å². The van der Waals surface area contributed by atoms with E-state index in [9.17, 15) is 0 Å². The van der Waals surface area contributed by atoms with Crippen molar-refractivity contribution in [2.24, 2.45) is 0 Å². The first-order chi connectivity index (χ1) is 10.2. The molecular formula is C16H18BrClN2S. The Labute approximate surface area is 143 Å². The van der Waals surface area contributed by atoms with Crippen LogP contribution in [0.2, 0.25) is 5.02 Å². The molecule has 5 heteroatoms. The third-order valence-electron chi connectivity index (χ3n) is 3.56. The summed E-state index contributed by atoms with van der Waals surface area (Å²) in [4.78, 5) is 6.23. The first-order valence-electron chi connectivity index (χ1n) is 7.34. The molecule has 1 aromatic carbocycles. The normalized spacial score (nSPS) is 14.6. The second-order valence-corrected chi connectivity index (χ2v) is 7.77. The highest BCUT2D eigenvalue weighted by molar-refractivity contribution is 9.10. The number of thiazole rings is 1. The molecule has 1 saturated carbocycles. The SMILES string of the molecule is CCCc1nc(-c2ccc(Cl)c(Br)c2)sc1CNC1CC1. The number of benzene rings is 1. The van der Waals surface area contributed by atoms with Crippen molar-refractivity contribution in [2.75, 3.05) is 0 Å². The van der Waals surface area contributed by atoms with Gasteiger partial charge in [0, 0.05) is 27.5 Å². The van der Waals surface area contributed by atoms with Crippen molar-refractivity contribution < 1.29 is 0 Å². The second-order valence-electron chi connectivity index (χ2n) is 5.42. The topological polar surface area (TPSA) is 24.9 Å². The molecule has 1 aromatic heterocycles. The average Bonchev–Trinajstić information content (AvgIpc) is 3.21. The summed E-state index contributed by atoms with van der Waals surface area (Å²) in [5.74, 6) is 0. The van der Waals surface area contributed by atoms with Crippen LogP contribution in [0.4, 0.5) is 0 Å². The Balaban J connectivity index is 1.86. The number of hydrogen-bond donors (Lipinski definition) is 1. The minimum Gasteiger partial charge on any atom is -0.309 e. The van der Waals surface area contributed by atoms with Crippen molar-refractivity contribution in [1.82, 2.24) is 10.3 Å². The van der Waals surface area contributed by atoms with Crippen molar-refractivity contribution in [3.05, 3.63) is 38.3 Å². The van der Waals surface area contributed by atoms with Gasteiger partial charge >= 0.3 is 0 Å². The molecule has 1 fully saturated rings. The van der Waals surface area contributed by atoms with Gasteiger partial charge < -0.3 is 5.32 Å². The van der Waals surface area contributed by atoms with Crippen LogP contribution < -0.4 is 5.32 Å². The summed E-state index contributed by atoms with van der Waals surface area (Å²) < 4.78 is 0.923. The molecule has 21 heavy (non-hydrogen) atoms. The number of nitrogens with one attached hydrogen (secondary N) is 1. The molecule has 2 aromatic rings. The van der Waals surface area contributed by atoms with Crippen molar-refractivity contribution >= 4 is 38.9 Å². The lowest BCUT2D eigenvalue weighted by Gasteiger charge is -2.01. The van der Waals surface area contributed by atoms with Crippen molar-refractivity contribution in [3.8, 4) is 10.6 Å². The highest BCUT2D eigenvalue weighted by Gasteiger charge is 2.21. The Morgan fingerprint density at radius 2 is 2.24 bits per heavy atom. The molecule has 0 saturated heterocycles. The molecular weight excluding hydrogens is 368 g/mol. The molecule has 0 spiro atoms. The molecule has 1 N–H and O–H groups in total. The monoisotopic (exact) mass is 384 g/mol. The smallest absolute Gasteiger partial charge is 0.123 e. The minimum absolute atomic E-state index is 0.731. The highest BCUT2D eigenvalue weighted by atomic mass is 79.9. The van der Waals surface area contributed by atoms with E-state index in [-0.39, 0.29) is 0 Å². The molecule has 0 radical (unpaired) electrons. The molecule has 0 aliphatic heterocycles. The fourth-order valence-electron chi connectivity index (χ4n) is 2.23. The lowest BCUT2D eigenvalue weighted by molar-refractivity contribution is 0.686. The van der Waals surface area contributed by atoms with Crippen LogP contribution >= 0.6 is 38.9 Å². The summed E-state index contributed by atoms with van der Waals surface area (Å²) in [5.41, 5.74) is 2.38. The van der Waals surface area contributed by atoms with Crippen LogP contribution in [0.5, 0.6) is 0 Å². The number of hydrogen-bond acceptors (Lipinski definition) is 3. The Kier molecular flexibility index (Phi) is 4.99. The number of aryl methyl sites for hydroxylation is 1. The maximum Gasteiger partial charge on any atom is 0.123 e. The zero-order valence-corrected chi connectivity index (χ0v) is 15.1. The standard InChI is InChI=1S/C16H18BrClN2S/c1-2-3-14-15(9-19-11-5-6-11)21-16(20-14)10-4-7-13(18)12(17)8-10/h4,7-8,11,19H,2-3,5-6,9H2,1H3. The predicted molar refractivity (Wildman–Crippen MR) is 94.1 cm³/mol. The molecule has 0 bridgehead atoms. The number of halogens is 2. The van der Waals surface area contributed by atoms with Crippen LogP contribution in [-0.2, 0) is 13.0 Å². The van der Waals surface area contributed by atoms with Gasteiger partial charge in [-0.1, -0.05) is 31.0 Å². The van der Waals surface area contributed by atoms with Gasteiger partial charge in [-0.15, -0.1) is 11.3 Å².